The molecular formula is C14H24N4. The summed E-state index contributed by atoms with van der Waals surface area (Å²) < 4.78 is 0. The first-order valence-electron chi connectivity index (χ1n) is 7.25. The van der Waals surface area contributed by atoms with Crippen LogP contribution in [-0.4, -0.2) is 23.1 Å². The summed E-state index contributed by atoms with van der Waals surface area (Å²) in [6, 6.07) is 2.00. The van der Waals surface area contributed by atoms with Gasteiger partial charge in [0.15, 0.2) is 0 Å². The van der Waals surface area contributed by atoms with E-state index in [9.17, 15) is 0 Å². The van der Waals surface area contributed by atoms with Gasteiger partial charge >= 0.3 is 0 Å². The lowest BCUT2D eigenvalue weighted by atomic mass is 10.1. The van der Waals surface area contributed by atoms with E-state index < -0.39 is 0 Å². The number of rotatable bonds is 0. The Morgan fingerprint density at radius 3 is 1.61 bits per heavy atom. The molecule has 1 aliphatic rings. The molecule has 100 valence electrons. The molecule has 1 aromatic rings. The quantitative estimate of drug-likeness (QED) is 0.738. The summed E-state index contributed by atoms with van der Waals surface area (Å²) in [4.78, 5) is 8.47. The predicted octanol–water partition coefficient (Wildman–Crippen LogP) is 3.43. The number of aromatic nitrogens is 2. The van der Waals surface area contributed by atoms with Crippen molar-refractivity contribution in [1.82, 2.24) is 9.97 Å². The third kappa shape index (κ3) is 4.90. The zero-order valence-corrected chi connectivity index (χ0v) is 11.1. The molecule has 0 saturated heterocycles. The first-order valence-corrected chi connectivity index (χ1v) is 7.25. The largest absolute Gasteiger partial charge is 0.370 e. The summed E-state index contributed by atoms with van der Waals surface area (Å²) >= 11 is 0. The lowest BCUT2D eigenvalue weighted by Crippen LogP contribution is -2.06. The Hall–Kier alpha value is -1.32. The van der Waals surface area contributed by atoms with E-state index in [0.29, 0.717) is 0 Å². The van der Waals surface area contributed by atoms with Crippen molar-refractivity contribution in [3.05, 3.63) is 12.4 Å². The van der Waals surface area contributed by atoms with Crippen LogP contribution < -0.4 is 10.6 Å². The molecule has 18 heavy (non-hydrogen) atoms. The molecule has 0 fully saturated rings. The highest BCUT2D eigenvalue weighted by atomic mass is 15.1. The van der Waals surface area contributed by atoms with E-state index >= 15 is 0 Å². The number of nitrogens with one attached hydrogen (secondary N) is 2. The minimum Gasteiger partial charge on any atom is -0.370 e. The Morgan fingerprint density at radius 2 is 1.11 bits per heavy atom. The molecule has 2 N–H and O–H groups in total. The molecule has 0 unspecified atom stereocenters. The summed E-state index contributed by atoms with van der Waals surface area (Å²) in [7, 11) is 0. The lowest BCUT2D eigenvalue weighted by Gasteiger charge is -2.07. The second-order valence-corrected chi connectivity index (χ2v) is 4.97. The topological polar surface area (TPSA) is 49.8 Å². The van der Waals surface area contributed by atoms with Crippen LogP contribution in [0.2, 0.25) is 0 Å². The second-order valence-electron chi connectivity index (χ2n) is 4.97. The molecule has 1 aliphatic heterocycles. The van der Waals surface area contributed by atoms with Crippen LogP contribution in [-0.2, 0) is 0 Å². The number of hydrogen-bond acceptors (Lipinski definition) is 4. The fourth-order valence-electron chi connectivity index (χ4n) is 2.29. The van der Waals surface area contributed by atoms with Gasteiger partial charge in [0.05, 0.1) is 0 Å². The summed E-state index contributed by atoms with van der Waals surface area (Å²) in [5, 5.41) is 6.73. The van der Waals surface area contributed by atoms with Crippen LogP contribution in [0, 0.1) is 0 Å². The van der Waals surface area contributed by atoms with Crippen molar-refractivity contribution in [1.29, 1.82) is 0 Å². The fraction of sp³-hybridized carbons (Fsp3) is 0.714. The van der Waals surface area contributed by atoms with Gasteiger partial charge in [0, 0.05) is 19.2 Å². The highest BCUT2D eigenvalue weighted by Gasteiger charge is 1.99. The number of fused-ring (bicyclic) bond motifs is 2. The fourth-order valence-corrected chi connectivity index (χ4v) is 2.29. The van der Waals surface area contributed by atoms with Crippen molar-refractivity contribution in [3.8, 4) is 0 Å². The third-order valence-corrected chi connectivity index (χ3v) is 3.38. The average molecular weight is 248 g/mol. The first-order chi connectivity index (χ1) is 8.95. The summed E-state index contributed by atoms with van der Waals surface area (Å²) in [6.45, 7) is 2.02. The van der Waals surface area contributed by atoms with E-state index in [1.165, 1.54) is 51.4 Å². The lowest BCUT2D eigenvalue weighted by molar-refractivity contribution is 0.577. The van der Waals surface area contributed by atoms with Gasteiger partial charge in [-0.05, 0) is 12.8 Å². The molecule has 0 radical (unpaired) electrons. The van der Waals surface area contributed by atoms with E-state index in [4.69, 9.17) is 0 Å². The van der Waals surface area contributed by atoms with Crippen LogP contribution in [0.15, 0.2) is 12.4 Å². The van der Waals surface area contributed by atoms with E-state index in [1.807, 2.05) is 6.07 Å². The van der Waals surface area contributed by atoms with Crippen LogP contribution in [0.1, 0.15) is 51.4 Å². The smallest absolute Gasteiger partial charge is 0.131 e. The molecule has 0 atom stereocenters. The summed E-state index contributed by atoms with van der Waals surface area (Å²) in [5.74, 6) is 1.87. The first kappa shape index (κ1) is 13.1. The zero-order chi connectivity index (χ0) is 12.5. The number of hydrogen-bond donors (Lipinski definition) is 2. The minimum atomic E-state index is 0.933. The van der Waals surface area contributed by atoms with E-state index in [0.717, 1.165) is 24.7 Å². The van der Waals surface area contributed by atoms with Crippen molar-refractivity contribution in [2.45, 2.75) is 51.4 Å². The van der Waals surface area contributed by atoms with Gasteiger partial charge in [-0.25, -0.2) is 9.97 Å². The van der Waals surface area contributed by atoms with E-state index in [1.54, 1.807) is 6.33 Å². The third-order valence-electron chi connectivity index (χ3n) is 3.38. The molecule has 0 saturated carbocycles. The predicted molar refractivity (Wildman–Crippen MR) is 75.9 cm³/mol. The van der Waals surface area contributed by atoms with Crippen LogP contribution in [0.4, 0.5) is 11.6 Å². The number of anilines is 2. The Kier molecular flexibility index (Phi) is 5.76. The van der Waals surface area contributed by atoms with Crippen molar-refractivity contribution < 1.29 is 0 Å². The van der Waals surface area contributed by atoms with Crippen molar-refractivity contribution in [2.75, 3.05) is 23.7 Å². The maximum absolute atomic E-state index is 4.24. The highest BCUT2D eigenvalue weighted by molar-refractivity contribution is 5.46. The molecule has 0 amide bonds. The summed E-state index contributed by atoms with van der Waals surface area (Å²) in [5.41, 5.74) is 0. The summed E-state index contributed by atoms with van der Waals surface area (Å²) in [6.07, 6.45) is 12.3. The van der Waals surface area contributed by atoms with Gasteiger partial charge in [-0.1, -0.05) is 38.5 Å². The van der Waals surface area contributed by atoms with Gasteiger partial charge in [-0.3, -0.25) is 0 Å². The van der Waals surface area contributed by atoms with Gasteiger partial charge in [0.1, 0.15) is 18.0 Å². The Morgan fingerprint density at radius 1 is 0.667 bits per heavy atom. The van der Waals surface area contributed by atoms with Crippen molar-refractivity contribution >= 4 is 11.6 Å². The molecule has 2 bridgehead atoms. The molecule has 4 nitrogen and oxygen atoms in total. The van der Waals surface area contributed by atoms with Gasteiger partial charge in [-0.2, -0.15) is 0 Å². The van der Waals surface area contributed by atoms with Crippen LogP contribution in [0.5, 0.6) is 0 Å². The molecular weight excluding hydrogens is 224 g/mol. The maximum Gasteiger partial charge on any atom is 0.131 e. The second kappa shape index (κ2) is 7.90. The van der Waals surface area contributed by atoms with Crippen molar-refractivity contribution in [2.24, 2.45) is 0 Å². The van der Waals surface area contributed by atoms with Gasteiger partial charge < -0.3 is 10.6 Å². The Bertz CT molecular complexity index is 311. The normalized spacial score (nSPS) is 18.9. The molecule has 0 aliphatic carbocycles. The maximum atomic E-state index is 4.24. The molecule has 0 aromatic carbocycles. The molecule has 0 spiro atoms. The Balaban J connectivity index is 1.87. The van der Waals surface area contributed by atoms with E-state index in [-0.39, 0.29) is 0 Å². The number of nitrogens with zero attached hydrogens (tertiary/aromatic N) is 2. The van der Waals surface area contributed by atoms with Crippen molar-refractivity contribution in [3.63, 3.8) is 0 Å². The average Bonchev–Trinajstić information content (AvgIpc) is 2.40. The SMILES string of the molecule is c1nc2cc(n1)NCCCCCCCCCCN2. The molecule has 2 rings (SSSR count). The van der Waals surface area contributed by atoms with Crippen LogP contribution in [0.3, 0.4) is 0 Å². The van der Waals surface area contributed by atoms with Crippen LogP contribution >= 0.6 is 0 Å². The standard InChI is InChI=1S/C14H24N4/c1-2-4-6-8-10-16-14-11-13(17-12-18-14)15-9-7-5-3-1/h11-12H,1-10H2,(H2,15,16,17,18). The van der Waals surface area contributed by atoms with Gasteiger partial charge in [-0.15, -0.1) is 0 Å². The minimum absolute atomic E-state index is 0.933. The molecule has 1 aromatic heterocycles. The van der Waals surface area contributed by atoms with Gasteiger partial charge in [0.2, 0.25) is 0 Å². The van der Waals surface area contributed by atoms with E-state index in [2.05, 4.69) is 20.6 Å². The highest BCUT2D eigenvalue weighted by Crippen LogP contribution is 2.12. The Labute approximate surface area is 110 Å². The monoisotopic (exact) mass is 248 g/mol. The van der Waals surface area contributed by atoms with Gasteiger partial charge in [0.25, 0.3) is 0 Å². The van der Waals surface area contributed by atoms with Crippen LogP contribution in [0.25, 0.3) is 0 Å². The molecule has 4 heteroatoms. The molecule has 2 heterocycles. The zero-order valence-electron chi connectivity index (χ0n) is 11.1.